The van der Waals surface area contributed by atoms with E-state index in [1.54, 1.807) is 13.0 Å². The second-order valence-corrected chi connectivity index (χ2v) is 8.41. The predicted octanol–water partition coefficient (Wildman–Crippen LogP) is 4.29. The van der Waals surface area contributed by atoms with E-state index in [1.165, 1.54) is 6.07 Å². The van der Waals surface area contributed by atoms with Gasteiger partial charge in [0.2, 0.25) is 0 Å². The van der Waals surface area contributed by atoms with E-state index in [2.05, 4.69) is 15.5 Å². The number of aromatic nitrogens is 2. The van der Waals surface area contributed by atoms with E-state index in [9.17, 15) is 9.59 Å². The predicted molar refractivity (Wildman–Crippen MR) is 123 cm³/mol. The van der Waals surface area contributed by atoms with Gasteiger partial charge >= 0.3 is 12.1 Å². The van der Waals surface area contributed by atoms with Crippen LogP contribution in [0.2, 0.25) is 5.02 Å². The molecule has 1 aromatic carbocycles. The van der Waals surface area contributed by atoms with E-state index in [4.69, 9.17) is 25.6 Å². The minimum atomic E-state index is -1.55. The third-order valence-electron chi connectivity index (χ3n) is 5.56. The molecule has 0 spiro atoms. The molecule has 9 nitrogen and oxygen atoms in total. The highest BCUT2D eigenvalue weighted by Crippen LogP contribution is 2.29. The molecule has 11 heteroatoms. The number of anilines is 1. The molecule has 4 rings (SSSR count). The van der Waals surface area contributed by atoms with Crippen molar-refractivity contribution >= 4 is 40.4 Å². The second kappa shape index (κ2) is 10.3. The van der Waals surface area contributed by atoms with Crippen molar-refractivity contribution in [2.75, 3.05) is 31.1 Å². The quantitative estimate of drug-likeness (QED) is 0.489. The molecular weight excluding hydrogens is 467 g/mol. The molecule has 0 atom stereocenters. The monoisotopic (exact) mass is 490 g/mol. The van der Waals surface area contributed by atoms with Crippen molar-refractivity contribution in [1.29, 1.82) is 0 Å². The van der Waals surface area contributed by atoms with Gasteiger partial charge in [-0.1, -0.05) is 16.8 Å². The molecule has 1 aliphatic rings. The molecule has 2 aromatic heterocycles. The molecule has 1 aliphatic heterocycles. The first-order chi connectivity index (χ1) is 16.3. The average molecular weight is 491 g/mol. The standard InChI is InChI=1S/C23H24ClFN4O5/c1-2-32-21(30)19-12-17(34-28-19)13-33-22(31)26-14-23(25)7-9-29(10-8-23)20-6-3-15-11-16(24)4-5-18(15)27-20/h3-6,11-12H,2,7-10,13-14H2,1H3,(H,26,31). The fraction of sp³-hybridized carbons (Fsp3) is 0.391. The second-order valence-electron chi connectivity index (χ2n) is 7.97. The molecule has 3 heterocycles. The van der Waals surface area contributed by atoms with Crippen LogP contribution in [-0.2, 0) is 16.1 Å². The lowest BCUT2D eigenvalue weighted by molar-refractivity contribution is 0.0514. The van der Waals surface area contributed by atoms with Crippen molar-refractivity contribution in [3.05, 3.63) is 52.9 Å². The number of nitrogens with zero attached hydrogens (tertiary/aromatic N) is 3. The molecule has 0 aliphatic carbocycles. The lowest BCUT2D eigenvalue weighted by atomic mass is 9.93. The molecule has 180 valence electrons. The van der Waals surface area contributed by atoms with Crippen molar-refractivity contribution in [2.45, 2.75) is 32.0 Å². The minimum absolute atomic E-state index is 0.0139. The van der Waals surface area contributed by atoms with Crippen LogP contribution < -0.4 is 10.2 Å². The maximum atomic E-state index is 15.2. The SMILES string of the molecule is CCOC(=O)c1cc(COC(=O)NCC2(F)CCN(c3ccc4cc(Cl)ccc4n3)CC2)on1. The normalized spacial score (nSPS) is 15.2. The molecule has 3 aromatic rings. The number of carbonyl (C=O) groups excluding carboxylic acids is 2. The summed E-state index contributed by atoms with van der Waals surface area (Å²) in [6, 6.07) is 10.7. The fourth-order valence-corrected chi connectivity index (χ4v) is 3.86. The Kier molecular flexibility index (Phi) is 7.16. The Morgan fingerprint density at radius 3 is 2.76 bits per heavy atom. The largest absolute Gasteiger partial charge is 0.461 e. The van der Waals surface area contributed by atoms with Crippen LogP contribution in [-0.4, -0.2) is 54.1 Å². The molecule has 1 amide bonds. The Morgan fingerprint density at radius 2 is 2.00 bits per heavy atom. The zero-order chi connectivity index (χ0) is 24.1. The van der Waals surface area contributed by atoms with E-state index in [1.807, 2.05) is 29.2 Å². The third kappa shape index (κ3) is 5.74. The van der Waals surface area contributed by atoms with Gasteiger partial charge in [-0.25, -0.2) is 19.0 Å². The number of nitrogens with one attached hydrogen (secondary N) is 1. The van der Waals surface area contributed by atoms with Gasteiger partial charge in [0, 0.05) is 42.4 Å². The number of ether oxygens (including phenoxy) is 2. The molecule has 0 radical (unpaired) electrons. The maximum Gasteiger partial charge on any atom is 0.407 e. The Balaban J connectivity index is 1.23. The summed E-state index contributed by atoms with van der Waals surface area (Å²) in [6.45, 7) is 2.39. The van der Waals surface area contributed by atoms with Gasteiger partial charge in [0.25, 0.3) is 0 Å². The Hall–Kier alpha value is -3.40. The van der Waals surface area contributed by atoms with E-state index < -0.39 is 17.7 Å². The molecule has 1 saturated heterocycles. The van der Waals surface area contributed by atoms with Gasteiger partial charge in [-0.2, -0.15) is 0 Å². The van der Waals surface area contributed by atoms with Crippen LogP contribution in [0.3, 0.4) is 0 Å². The number of halogens is 2. The summed E-state index contributed by atoms with van der Waals surface area (Å²) in [5.74, 6) is 0.320. The van der Waals surface area contributed by atoms with Gasteiger partial charge in [-0.05, 0) is 37.3 Å². The van der Waals surface area contributed by atoms with Crippen LogP contribution in [0.25, 0.3) is 10.9 Å². The van der Waals surface area contributed by atoms with Crippen LogP contribution in [0.15, 0.2) is 40.9 Å². The number of amides is 1. The van der Waals surface area contributed by atoms with E-state index in [0.29, 0.717) is 18.1 Å². The smallest absolute Gasteiger partial charge is 0.407 e. The van der Waals surface area contributed by atoms with Gasteiger partial charge in [0.1, 0.15) is 11.5 Å². The summed E-state index contributed by atoms with van der Waals surface area (Å²) in [4.78, 5) is 30.2. The Bertz CT molecular complexity index is 1180. The summed E-state index contributed by atoms with van der Waals surface area (Å²) in [7, 11) is 0. The number of rotatable bonds is 7. The summed E-state index contributed by atoms with van der Waals surface area (Å²) in [5, 5.41) is 7.61. The topological polar surface area (TPSA) is 107 Å². The Morgan fingerprint density at radius 1 is 1.21 bits per heavy atom. The molecular formula is C23H24ClFN4O5. The van der Waals surface area contributed by atoms with E-state index in [0.717, 1.165) is 16.7 Å². The number of alkyl carbamates (subject to hydrolysis) is 1. The lowest BCUT2D eigenvalue weighted by Crippen LogP contribution is -2.48. The number of fused-ring (bicyclic) bond motifs is 1. The van der Waals surface area contributed by atoms with Crippen molar-refractivity contribution in [3.8, 4) is 0 Å². The molecule has 0 saturated carbocycles. The van der Waals surface area contributed by atoms with Crippen LogP contribution in [0, 0.1) is 0 Å². The molecule has 0 unspecified atom stereocenters. The van der Waals surface area contributed by atoms with E-state index >= 15 is 4.39 Å². The highest BCUT2D eigenvalue weighted by Gasteiger charge is 2.35. The van der Waals surface area contributed by atoms with Crippen molar-refractivity contribution in [1.82, 2.24) is 15.5 Å². The molecule has 1 N–H and O–H groups in total. The van der Waals surface area contributed by atoms with Gasteiger partial charge in [0.15, 0.2) is 18.1 Å². The number of hydrogen-bond donors (Lipinski definition) is 1. The van der Waals surface area contributed by atoms with Crippen molar-refractivity contribution in [3.63, 3.8) is 0 Å². The lowest BCUT2D eigenvalue weighted by Gasteiger charge is -2.37. The van der Waals surface area contributed by atoms with Crippen molar-refractivity contribution < 1.29 is 28.0 Å². The number of pyridine rings is 1. The molecule has 1 fully saturated rings. The number of alkyl halides is 1. The van der Waals surface area contributed by atoms with Gasteiger partial charge < -0.3 is 24.2 Å². The number of benzene rings is 1. The first kappa shape index (κ1) is 23.7. The molecule has 34 heavy (non-hydrogen) atoms. The van der Waals surface area contributed by atoms with Crippen LogP contribution >= 0.6 is 11.6 Å². The highest BCUT2D eigenvalue weighted by molar-refractivity contribution is 6.31. The number of hydrogen-bond acceptors (Lipinski definition) is 8. The van der Waals surface area contributed by atoms with Crippen LogP contribution in [0.1, 0.15) is 36.0 Å². The summed E-state index contributed by atoms with van der Waals surface area (Å²) < 4.78 is 30.0. The summed E-state index contributed by atoms with van der Waals surface area (Å²) in [6.07, 6.45) is -0.319. The zero-order valence-electron chi connectivity index (χ0n) is 18.6. The Labute approximate surface area is 200 Å². The molecule has 0 bridgehead atoms. The number of carbonyl (C=O) groups is 2. The fourth-order valence-electron chi connectivity index (χ4n) is 3.68. The van der Waals surface area contributed by atoms with Crippen LogP contribution in [0.4, 0.5) is 15.0 Å². The van der Waals surface area contributed by atoms with Gasteiger partial charge in [-0.15, -0.1) is 0 Å². The van der Waals surface area contributed by atoms with Gasteiger partial charge in [0.05, 0.1) is 18.7 Å². The number of esters is 1. The first-order valence-corrected chi connectivity index (χ1v) is 11.3. The maximum absolute atomic E-state index is 15.2. The minimum Gasteiger partial charge on any atom is -0.461 e. The van der Waals surface area contributed by atoms with E-state index in [-0.39, 0.29) is 44.1 Å². The number of piperidine rings is 1. The van der Waals surface area contributed by atoms with Crippen molar-refractivity contribution in [2.24, 2.45) is 0 Å². The van der Waals surface area contributed by atoms with Crippen LogP contribution in [0.5, 0.6) is 0 Å². The third-order valence-corrected chi connectivity index (χ3v) is 5.79. The first-order valence-electron chi connectivity index (χ1n) is 10.9. The average Bonchev–Trinajstić information content (AvgIpc) is 3.31. The van der Waals surface area contributed by atoms with Gasteiger partial charge in [-0.3, -0.25) is 0 Å². The zero-order valence-corrected chi connectivity index (χ0v) is 19.3. The summed E-state index contributed by atoms with van der Waals surface area (Å²) in [5.41, 5.74) is -0.743. The summed E-state index contributed by atoms with van der Waals surface area (Å²) >= 11 is 6.02. The highest BCUT2D eigenvalue weighted by atomic mass is 35.5.